The van der Waals surface area contributed by atoms with Gasteiger partial charge in [0, 0.05) is 37.7 Å². The fourth-order valence-electron chi connectivity index (χ4n) is 3.33. The number of nitrogens with zero attached hydrogens (tertiary/aromatic N) is 1. The predicted octanol–water partition coefficient (Wildman–Crippen LogP) is 0.521. The largest absolute Gasteiger partial charge is 0.326 e. The van der Waals surface area contributed by atoms with Crippen LogP contribution in [0.3, 0.4) is 0 Å². The lowest BCUT2D eigenvalue weighted by atomic mass is 10.0. The average Bonchev–Trinajstić information content (AvgIpc) is 2.91. The third kappa shape index (κ3) is 3.78. The van der Waals surface area contributed by atoms with Gasteiger partial charge >= 0.3 is 0 Å². The lowest BCUT2D eigenvalue weighted by Crippen LogP contribution is -2.52. The van der Waals surface area contributed by atoms with Crippen LogP contribution in [0.25, 0.3) is 0 Å². The highest BCUT2D eigenvalue weighted by molar-refractivity contribution is 6.05. The van der Waals surface area contributed by atoms with Crippen LogP contribution < -0.4 is 16.4 Å². The summed E-state index contributed by atoms with van der Waals surface area (Å²) in [7, 11) is 0. The fourth-order valence-corrected chi connectivity index (χ4v) is 3.33. The maximum atomic E-state index is 12.8. The van der Waals surface area contributed by atoms with E-state index in [4.69, 9.17) is 5.73 Å². The minimum absolute atomic E-state index is 0.0917. The van der Waals surface area contributed by atoms with Crippen molar-refractivity contribution in [3.63, 3.8) is 0 Å². The Morgan fingerprint density at radius 3 is 2.77 bits per heavy atom. The van der Waals surface area contributed by atoms with Crippen LogP contribution in [0.2, 0.25) is 0 Å². The number of benzene rings is 1. The molecule has 2 aliphatic rings. The van der Waals surface area contributed by atoms with Crippen LogP contribution in [-0.4, -0.2) is 41.2 Å². The molecule has 1 aromatic carbocycles. The minimum atomic E-state index is -0.571. The van der Waals surface area contributed by atoms with Gasteiger partial charge in [0.25, 0.3) is 5.91 Å². The zero-order valence-corrected chi connectivity index (χ0v) is 15.2. The summed E-state index contributed by atoms with van der Waals surface area (Å²) in [5.41, 5.74) is 8.60. The van der Waals surface area contributed by atoms with Crippen LogP contribution in [0, 0.1) is 5.92 Å². The van der Waals surface area contributed by atoms with Gasteiger partial charge in [0.1, 0.15) is 6.04 Å². The summed E-state index contributed by atoms with van der Waals surface area (Å²) in [5, 5.41) is 5.64. The molecule has 0 spiro atoms. The van der Waals surface area contributed by atoms with E-state index in [2.05, 4.69) is 24.5 Å². The lowest BCUT2D eigenvalue weighted by molar-refractivity contribution is -0.136. The minimum Gasteiger partial charge on any atom is -0.326 e. The molecule has 1 fully saturated rings. The van der Waals surface area contributed by atoms with Gasteiger partial charge < -0.3 is 16.0 Å². The van der Waals surface area contributed by atoms with Crippen molar-refractivity contribution in [1.82, 2.24) is 15.5 Å². The van der Waals surface area contributed by atoms with Crippen molar-refractivity contribution < 1.29 is 14.4 Å². The molecule has 2 unspecified atom stereocenters. The Kier molecular flexibility index (Phi) is 5.38. The molecule has 0 saturated carbocycles. The van der Waals surface area contributed by atoms with Gasteiger partial charge in [-0.2, -0.15) is 0 Å². The smallest absolute Gasteiger partial charge is 0.255 e. The van der Waals surface area contributed by atoms with Gasteiger partial charge in [-0.25, -0.2) is 0 Å². The maximum Gasteiger partial charge on any atom is 0.255 e. The Morgan fingerprint density at radius 2 is 2.08 bits per heavy atom. The van der Waals surface area contributed by atoms with E-state index in [1.807, 2.05) is 18.2 Å². The number of carbonyl (C=O) groups excluding carboxylic acids is 3. The van der Waals surface area contributed by atoms with Gasteiger partial charge in [0.2, 0.25) is 11.8 Å². The SMILES string of the molecule is CC(C)C(N)CNCc1ccc2c(c1)C(=O)N(C1CCC(=O)NC1=O)C2. The third-order valence-electron chi connectivity index (χ3n) is 5.16. The van der Waals surface area contributed by atoms with Crippen molar-refractivity contribution in [2.24, 2.45) is 11.7 Å². The summed E-state index contributed by atoms with van der Waals surface area (Å²) in [6.45, 7) is 5.94. The molecule has 7 nitrogen and oxygen atoms in total. The van der Waals surface area contributed by atoms with Gasteiger partial charge in [-0.3, -0.25) is 19.7 Å². The van der Waals surface area contributed by atoms with E-state index in [1.54, 1.807) is 4.90 Å². The van der Waals surface area contributed by atoms with E-state index in [1.165, 1.54) is 0 Å². The van der Waals surface area contributed by atoms with E-state index >= 15 is 0 Å². The number of piperidine rings is 1. The Bertz CT molecular complexity index is 731. The summed E-state index contributed by atoms with van der Waals surface area (Å²) < 4.78 is 0. The molecule has 2 aliphatic heterocycles. The standard InChI is InChI=1S/C19H26N4O3/c1-11(2)15(20)9-21-8-12-3-4-13-10-23(19(26)14(13)7-12)16-5-6-17(24)22-18(16)25/h3-4,7,11,15-16,21H,5-6,8-10,20H2,1-2H3,(H,22,24,25). The normalized spacial score (nSPS) is 21.2. The van der Waals surface area contributed by atoms with Crippen molar-refractivity contribution in [3.8, 4) is 0 Å². The number of carbonyl (C=O) groups is 3. The molecule has 4 N–H and O–H groups in total. The van der Waals surface area contributed by atoms with Crippen molar-refractivity contribution in [2.45, 2.75) is 51.9 Å². The second-order valence-corrected chi connectivity index (χ2v) is 7.43. The van der Waals surface area contributed by atoms with Crippen LogP contribution in [0.15, 0.2) is 18.2 Å². The Hall–Kier alpha value is -2.25. The van der Waals surface area contributed by atoms with E-state index < -0.39 is 6.04 Å². The first kappa shape index (κ1) is 18.5. The number of fused-ring (bicyclic) bond motifs is 1. The molecule has 7 heteroatoms. The van der Waals surface area contributed by atoms with Gasteiger partial charge in [-0.1, -0.05) is 26.0 Å². The zero-order chi connectivity index (χ0) is 18.8. The number of hydrogen-bond acceptors (Lipinski definition) is 5. The predicted molar refractivity (Wildman–Crippen MR) is 97.0 cm³/mol. The van der Waals surface area contributed by atoms with E-state index in [-0.39, 0.29) is 30.2 Å². The van der Waals surface area contributed by atoms with E-state index in [0.29, 0.717) is 37.5 Å². The van der Waals surface area contributed by atoms with Crippen LogP contribution in [0.4, 0.5) is 0 Å². The molecule has 2 atom stereocenters. The van der Waals surface area contributed by atoms with Gasteiger partial charge in [-0.15, -0.1) is 0 Å². The van der Waals surface area contributed by atoms with Gasteiger partial charge in [0.05, 0.1) is 0 Å². The lowest BCUT2D eigenvalue weighted by Gasteiger charge is -2.29. The molecule has 1 aromatic rings. The van der Waals surface area contributed by atoms with Crippen LogP contribution in [0.5, 0.6) is 0 Å². The summed E-state index contributed by atoms with van der Waals surface area (Å²) in [6.07, 6.45) is 0.647. The molecular formula is C19H26N4O3. The zero-order valence-electron chi connectivity index (χ0n) is 15.2. The molecule has 1 saturated heterocycles. The first-order valence-corrected chi connectivity index (χ1v) is 9.09. The summed E-state index contributed by atoms with van der Waals surface area (Å²) in [6, 6.07) is 5.34. The van der Waals surface area contributed by atoms with Crippen molar-refractivity contribution >= 4 is 17.7 Å². The number of nitrogens with one attached hydrogen (secondary N) is 2. The number of imide groups is 1. The van der Waals surface area contributed by atoms with Crippen molar-refractivity contribution in [2.75, 3.05) is 6.54 Å². The highest BCUT2D eigenvalue weighted by Gasteiger charge is 2.39. The van der Waals surface area contributed by atoms with E-state index in [9.17, 15) is 14.4 Å². The Balaban J connectivity index is 1.65. The number of nitrogens with two attached hydrogens (primary N) is 1. The van der Waals surface area contributed by atoms with Crippen LogP contribution >= 0.6 is 0 Å². The molecule has 140 valence electrons. The third-order valence-corrected chi connectivity index (χ3v) is 5.16. The van der Waals surface area contributed by atoms with Crippen LogP contribution in [-0.2, 0) is 22.7 Å². The van der Waals surface area contributed by atoms with Crippen LogP contribution in [0.1, 0.15) is 48.2 Å². The van der Waals surface area contributed by atoms with Gasteiger partial charge in [0.15, 0.2) is 0 Å². The highest BCUT2D eigenvalue weighted by Crippen LogP contribution is 2.28. The number of hydrogen-bond donors (Lipinski definition) is 3. The topological polar surface area (TPSA) is 105 Å². The second kappa shape index (κ2) is 7.55. The number of rotatable bonds is 6. The van der Waals surface area contributed by atoms with Gasteiger partial charge in [-0.05, 0) is 29.5 Å². The maximum absolute atomic E-state index is 12.8. The fraction of sp³-hybridized carbons (Fsp3) is 0.526. The molecule has 0 aromatic heterocycles. The Morgan fingerprint density at radius 1 is 1.31 bits per heavy atom. The first-order valence-electron chi connectivity index (χ1n) is 9.09. The molecule has 2 heterocycles. The van der Waals surface area contributed by atoms with Crippen molar-refractivity contribution in [3.05, 3.63) is 34.9 Å². The quantitative estimate of drug-likeness (QED) is 0.643. The monoisotopic (exact) mass is 358 g/mol. The summed E-state index contributed by atoms with van der Waals surface area (Å²) >= 11 is 0. The molecule has 3 amide bonds. The van der Waals surface area contributed by atoms with E-state index in [0.717, 1.165) is 11.1 Å². The molecule has 0 radical (unpaired) electrons. The van der Waals surface area contributed by atoms with Crippen molar-refractivity contribution in [1.29, 1.82) is 0 Å². The highest BCUT2D eigenvalue weighted by atomic mass is 16.2. The molecule has 26 heavy (non-hydrogen) atoms. The number of amides is 3. The molecular weight excluding hydrogens is 332 g/mol. The molecule has 0 aliphatic carbocycles. The average molecular weight is 358 g/mol. The summed E-state index contributed by atoms with van der Waals surface area (Å²) in [5.74, 6) is -0.392. The first-order chi connectivity index (χ1) is 12.4. The molecule has 3 rings (SSSR count). The second-order valence-electron chi connectivity index (χ2n) is 7.43. The Labute approximate surface area is 153 Å². The summed E-state index contributed by atoms with van der Waals surface area (Å²) in [4.78, 5) is 37.7. The molecule has 0 bridgehead atoms.